The van der Waals surface area contributed by atoms with E-state index < -0.39 is 0 Å². The molecule has 0 bridgehead atoms. The molecule has 8 nitrogen and oxygen atoms in total. The smallest absolute Gasteiger partial charge is 0.0205 e. The maximum absolute atomic E-state index is 5.49. The van der Waals surface area contributed by atoms with Crippen LogP contribution < -0.4 is 22.1 Å². The van der Waals surface area contributed by atoms with E-state index in [1.165, 1.54) is 147 Å². The summed E-state index contributed by atoms with van der Waals surface area (Å²) >= 11 is 0. The Hall–Kier alpha value is -3.44. The summed E-state index contributed by atoms with van der Waals surface area (Å²) in [5.41, 5.74) is 25.4. The minimum Gasteiger partial charge on any atom is -0.330 e. The highest BCUT2D eigenvalue weighted by atomic mass is 15.3. The molecule has 6 N–H and O–H groups in total. The summed E-state index contributed by atoms with van der Waals surface area (Å²) in [6.45, 7) is 20.1. The first-order valence-electron chi connectivity index (χ1n) is 21.8. The second kappa shape index (κ2) is 21.4. The molecular weight excluding hydrogens is 689 g/mol. The van der Waals surface area contributed by atoms with Gasteiger partial charge in [-0.2, -0.15) is 0 Å². The Balaban J connectivity index is 0.000000292. The lowest BCUT2D eigenvalue weighted by molar-refractivity contribution is 0.130. The van der Waals surface area contributed by atoms with Crippen LogP contribution in [0.15, 0.2) is 84.9 Å². The Morgan fingerprint density at radius 1 is 0.411 bits per heavy atom. The third-order valence-electron chi connectivity index (χ3n) is 12.3. The van der Waals surface area contributed by atoms with Gasteiger partial charge in [-0.1, -0.05) is 84.9 Å². The van der Waals surface area contributed by atoms with Gasteiger partial charge in [0.2, 0.25) is 0 Å². The van der Waals surface area contributed by atoms with Crippen LogP contribution in [0.1, 0.15) is 59.1 Å². The quantitative estimate of drug-likeness (QED) is 0.0868. The Morgan fingerprint density at radius 3 is 1.16 bits per heavy atom. The van der Waals surface area contributed by atoms with Gasteiger partial charge < -0.3 is 41.7 Å². The lowest BCUT2D eigenvalue weighted by atomic mass is 10.0. The molecule has 2 aliphatic carbocycles. The maximum Gasteiger partial charge on any atom is 0.0205 e. The van der Waals surface area contributed by atoms with E-state index >= 15 is 0 Å². The van der Waals surface area contributed by atoms with Crippen LogP contribution in [-0.4, -0.2) is 124 Å². The van der Waals surface area contributed by atoms with Crippen molar-refractivity contribution >= 4 is 0 Å². The molecule has 8 heteroatoms. The van der Waals surface area contributed by atoms with Crippen molar-refractivity contribution in [2.45, 2.75) is 51.6 Å². The van der Waals surface area contributed by atoms with Crippen LogP contribution in [0.2, 0.25) is 0 Å². The zero-order valence-corrected chi connectivity index (χ0v) is 34.0. The fraction of sp³-hybridized carbons (Fsp3) is 0.500. The number of fused-ring (bicyclic) bond motifs is 6. The molecule has 0 spiro atoms. The van der Waals surface area contributed by atoms with E-state index in [0.717, 1.165) is 65.0 Å². The fourth-order valence-electron chi connectivity index (χ4n) is 9.04. The van der Waals surface area contributed by atoms with Crippen LogP contribution >= 0.6 is 0 Å². The number of nitrogens with zero attached hydrogens (tertiary/aromatic N) is 4. The Kier molecular flexibility index (Phi) is 15.5. The highest BCUT2D eigenvalue weighted by Gasteiger charge is 2.20. The SMILES string of the molecule is NCCCN1CCN(CCCN)CC1.c1ccc2c(c1)Cc1cc(CNCCCN3CCN(CCCNCc4ccc5c(c4)Cc4ccccc4-5)CC3)ccc1-2. The third-order valence-corrected chi connectivity index (χ3v) is 12.3. The number of rotatable bonds is 18. The number of nitrogens with two attached hydrogens (primary N) is 2. The van der Waals surface area contributed by atoms with E-state index in [1.54, 1.807) is 0 Å². The second-order valence-electron chi connectivity index (χ2n) is 16.4. The number of hydrogen-bond acceptors (Lipinski definition) is 8. The Morgan fingerprint density at radius 2 is 0.768 bits per heavy atom. The van der Waals surface area contributed by atoms with Gasteiger partial charge in [-0.3, -0.25) is 0 Å². The zero-order chi connectivity index (χ0) is 38.4. The molecule has 2 aliphatic heterocycles. The molecule has 4 aromatic rings. The van der Waals surface area contributed by atoms with Gasteiger partial charge >= 0.3 is 0 Å². The molecule has 56 heavy (non-hydrogen) atoms. The number of hydrogen-bond donors (Lipinski definition) is 4. The van der Waals surface area contributed by atoms with Crippen molar-refractivity contribution in [1.29, 1.82) is 0 Å². The van der Waals surface area contributed by atoms with Crippen molar-refractivity contribution in [3.8, 4) is 22.3 Å². The van der Waals surface area contributed by atoms with Crippen LogP contribution in [0.4, 0.5) is 0 Å². The normalized spacial score (nSPS) is 16.9. The van der Waals surface area contributed by atoms with Crippen LogP contribution in [0.3, 0.4) is 0 Å². The molecule has 0 amide bonds. The van der Waals surface area contributed by atoms with Crippen molar-refractivity contribution in [2.75, 3.05) is 105 Å². The monoisotopic (exact) mass is 757 g/mol. The van der Waals surface area contributed by atoms with Crippen molar-refractivity contribution in [1.82, 2.24) is 30.2 Å². The van der Waals surface area contributed by atoms with E-state index in [2.05, 4.69) is 115 Å². The Bertz CT molecular complexity index is 1660. The summed E-state index contributed by atoms with van der Waals surface area (Å²) in [6, 6.07) is 31.7. The molecule has 0 radical (unpaired) electrons. The van der Waals surface area contributed by atoms with Crippen molar-refractivity contribution in [3.63, 3.8) is 0 Å². The van der Waals surface area contributed by atoms with Crippen molar-refractivity contribution < 1.29 is 0 Å². The van der Waals surface area contributed by atoms with Gasteiger partial charge in [0.25, 0.3) is 0 Å². The molecule has 2 saturated heterocycles. The van der Waals surface area contributed by atoms with Crippen molar-refractivity contribution in [2.24, 2.45) is 11.5 Å². The molecule has 0 aromatic heterocycles. The number of piperazine rings is 2. The minimum absolute atomic E-state index is 0.813. The second-order valence-corrected chi connectivity index (χ2v) is 16.4. The number of benzene rings is 4. The number of nitrogens with one attached hydrogen (secondary N) is 2. The topological polar surface area (TPSA) is 89.1 Å². The first-order valence-corrected chi connectivity index (χ1v) is 21.8. The van der Waals surface area contributed by atoms with Crippen molar-refractivity contribution in [3.05, 3.63) is 118 Å². The van der Waals surface area contributed by atoms with Crippen LogP contribution in [0, 0.1) is 0 Å². The predicted octanol–water partition coefficient (Wildman–Crippen LogP) is 5.41. The summed E-state index contributed by atoms with van der Waals surface area (Å²) in [5.74, 6) is 0. The molecule has 0 unspecified atom stereocenters. The first-order chi connectivity index (χ1) is 27.7. The average molecular weight is 757 g/mol. The molecule has 0 atom stereocenters. The highest BCUT2D eigenvalue weighted by Crippen LogP contribution is 2.37. The van der Waals surface area contributed by atoms with Gasteiger partial charge in [-0.05, 0) is 147 Å². The molecule has 2 heterocycles. The lowest BCUT2D eigenvalue weighted by Crippen LogP contribution is -2.47. The van der Waals surface area contributed by atoms with Gasteiger partial charge in [0.15, 0.2) is 0 Å². The molecule has 300 valence electrons. The van der Waals surface area contributed by atoms with Gasteiger partial charge in [0.1, 0.15) is 0 Å². The van der Waals surface area contributed by atoms with Gasteiger partial charge in [-0.15, -0.1) is 0 Å². The molecule has 4 aromatic carbocycles. The molecule has 0 saturated carbocycles. The van der Waals surface area contributed by atoms with Crippen LogP contribution in [0.25, 0.3) is 22.3 Å². The lowest BCUT2D eigenvalue weighted by Gasteiger charge is -2.34. The molecule has 2 fully saturated rings. The summed E-state index contributed by atoms with van der Waals surface area (Å²) in [6.07, 6.45) is 6.84. The van der Waals surface area contributed by atoms with E-state index in [4.69, 9.17) is 11.5 Å². The fourth-order valence-corrected chi connectivity index (χ4v) is 9.04. The zero-order valence-electron chi connectivity index (χ0n) is 34.0. The summed E-state index contributed by atoms with van der Waals surface area (Å²) in [5, 5.41) is 7.37. The van der Waals surface area contributed by atoms with Crippen LogP contribution in [0.5, 0.6) is 0 Å². The first kappa shape index (κ1) is 40.7. The minimum atomic E-state index is 0.813. The largest absolute Gasteiger partial charge is 0.330 e. The standard InChI is InChI=1S/C38H44N4.C10H24N4/c1-3-9-35-31(7-1)25-33-23-29(11-13-37(33)35)27-39-15-5-17-41-19-21-42(22-20-41)18-6-16-40-28-30-12-14-38-34(24-30)26-32-8-2-4-10-36(32)38;11-3-1-5-13-7-9-14(10-8-13)6-2-4-12/h1-4,7-14,23-24,39-40H,5-6,15-22,25-28H2;1-12H2. The summed E-state index contributed by atoms with van der Waals surface area (Å²) in [7, 11) is 0. The third kappa shape index (κ3) is 11.4. The molecule has 4 aliphatic rings. The van der Waals surface area contributed by atoms with E-state index in [1.807, 2.05) is 0 Å². The molecule has 8 rings (SSSR count). The summed E-state index contributed by atoms with van der Waals surface area (Å²) < 4.78 is 0. The van der Waals surface area contributed by atoms with Crippen LogP contribution in [-0.2, 0) is 25.9 Å². The molecular formula is C48H68N8. The highest BCUT2D eigenvalue weighted by molar-refractivity contribution is 5.77. The van der Waals surface area contributed by atoms with Gasteiger partial charge in [-0.25, -0.2) is 0 Å². The predicted molar refractivity (Wildman–Crippen MR) is 235 cm³/mol. The maximum atomic E-state index is 5.49. The van der Waals surface area contributed by atoms with Gasteiger partial charge in [0.05, 0.1) is 0 Å². The van der Waals surface area contributed by atoms with E-state index in [0.29, 0.717) is 0 Å². The summed E-state index contributed by atoms with van der Waals surface area (Å²) in [4.78, 5) is 10.3. The van der Waals surface area contributed by atoms with Gasteiger partial charge in [0, 0.05) is 65.4 Å². The average Bonchev–Trinajstić information content (AvgIpc) is 3.80. The van der Waals surface area contributed by atoms with E-state index in [9.17, 15) is 0 Å². The Labute approximate surface area is 337 Å². The van der Waals surface area contributed by atoms with E-state index in [-0.39, 0.29) is 0 Å².